The Morgan fingerprint density at radius 2 is 1.74 bits per heavy atom. The number of aryl methyl sites for hydroxylation is 1. The summed E-state index contributed by atoms with van der Waals surface area (Å²) in [5.41, 5.74) is 2.71. The normalized spacial score (nSPS) is 18.3. The van der Waals surface area contributed by atoms with Crippen LogP contribution in [0.1, 0.15) is 31.2 Å². The summed E-state index contributed by atoms with van der Waals surface area (Å²) >= 11 is 0. The summed E-state index contributed by atoms with van der Waals surface area (Å²) in [6.07, 6.45) is 3.60. The van der Waals surface area contributed by atoms with Crippen molar-refractivity contribution in [1.29, 1.82) is 0 Å². The number of hydrogen-bond acceptors (Lipinski definition) is 4. The van der Waals surface area contributed by atoms with Gasteiger partial charge in [-0.3, -0.25) is 0 Å². The minimum absolute atomic E-state index is 0.833. The smallest absolute Gasteiger partial charge is 0.138 e. The van der Waals surface area contributed by atoms with Crippen LogP contribution in [-0.2, 0) is 6.42 Å². The molecule has 4 nitrogen and oxygen atoms in total. The molecule has 120 valence electrons. The molecular weight excluding hydrogens is 284 g/mol. The van der Waals surface area contributed by atoms with Crippen LogP contribution in [0.3, 0.4) is 0 Å². The number of rotatable bonds is 2. The minimum Gasteiger partial charge on any atom is -0.356 e. The lowest BCUT2D eigenvalue weighted by molar-refractivity contribution is 0.436. The van der Waals surface area contributed by atoms with E-state index in [1.165, 1.54) is 24.1 Å². The lowest BCUT2D eigenvalue weighted by atomic mass is 9.99. The van der Waals surface area contributed by atoms with Gasteiger partial charge in [0.25, 0.3) is 0 Å². The number of benzene rings is 1. The Hall–Kier alpha value is -2.10. The first kappa shape index (κ1) is 14.5. The summed E-state index contributed by atoms with van der Waals surface area (Å²) < 4.78 is 0. The number of aromatic nitrogens is 2. The van der Waals surface area contributed by atoms with Crippen molar-refractivity contribution in [2.45, 2.75) is 33.1 Å². The zero-order valence-corrected chi connectivity index (χ0v) is 14.0. The highest BCUT2D eigenvalue weighted by molar-refractivity contribution is 5.69. The first-order valence-electron chi connectivity index (χ1n) is 8.67. The van der Waals surface area contributed by atoms with Gasteiger partial charge < -0.3 is 9.80 Å². The van der Waals surface area contributed by atoms with E-state index in [9.17, 15) is 0 Å². The Kier molecular flexibility index (Phi) is 3.68. The second-order valence-corrected chi connectivity index (χ2v) is 6.83. The second-order valence-electron chi connectivity index (χ2n) is 6.83. The first-order chi connectivity index (χ1) is 11.2. The highest BCUT2D eigenvalue weighted by Gasteiger charge is 2.23. The Labute approximate surface area is 138 Å². The Bertz CT molecular complexity index is 704. The van der Waals surface area contributed by atoms with Gasteiger partial charge in [0.2, 0.25) is 0 Å². The summed E-state index contributed by atoms with van der Waals surface area (Å²) in [5.74, 6) is 3.82. The standard InChI is InChI=1S/C19H24N4/c1-14-7-10-22(11-8-14)18-13-19(21-15(2)20-18)23-12-9-16-5-3-4-6-17(16)23/h3-6,13-14H,7-12H2,1-2H3. The van der Waals surface area contributed by atoms with Crippen LogP contribution in [-0.4, -0.2) is 29.6 Å². The number of hydrogen-bond donors (Lipinski definition) is 0. The van der Waals surface area contributed by atoms with E-state index in [0.717, 1.165) is 49.4 Å². The third-order valence-corrected chi connectivity index (χ3v) is 5.08. The van der Waals surface area contributed by atoms with Crippen molar-refractivity contribution in [2.24, 2.45) is 5.92 Å². The molecule has 23 heavy (non-hydrogen) atoms. The fourth-order valence-electron chi connectivity index (χ4n) is 3.65. The summed E-state index contributed by atoms with van der Waals surface area (Å²) in [6.45, 7) is 7.56. The SMILES string of the molecule is Cc1nc(N2CCC(C)CC2)cc(N2CCc3ccccc32)n1. The molecule has 1 aromatic heterocycles. The molecule has 0 unspecified atom stereocenters. The molecular formula is C19H24N4. The van der Waals surface area contributed by atoms with E-state index in [0.29, 0.717) is 0 Å². The molecule has 1 aromatic carbocycles. The summed E-state index contributed by atoms with van der Waals surface area (Å²) in [6, 6.07) is 10.8. The fraction of sp³-hybridized carbons (Fsp3) is 0.474. The highest BCUT2D eigenvalue weighted by Crippen LogP contribution is 2.34. The van der Waals surface area contributed by atoms with E-state index in [1.807, 2.05) is 6.92 Å². The van der Waals surface area contributed by atoms with Gasteiger partial charge in [-0.1, -0.05) is 25.1 Å². The maximum Gasteiger partial charge on any atom is 0.138 e. The van der Waals surface area contributed by atoms with Crippen molar-refractivity contribution in [3.8, 4) is 0 Å². The number of fused-ring (bicyclic) bond motifs is 1. The largest absolute Gasteiger partial charge is 0.356 e. The van der Waals surface area contributed by atoms with Crippen molar-refractivity contribution in [1.82, 2.24) is 9.97 Å². The van der Waals surface area contributed by atoms with Crippen molar-refractivity contribution in [3.05, 3.63) is 41.7 Å². The molecule has 0 saturated carbocycles. The van der Waals surface area contributed by atoms with E-state index < -0.39 is 0 Å². The maximum absolute atomic E-state index is 4.71. The molecule has 4 rings (SSSR count). The van der Waals surface area contributed by atoms with Crippen LogP contribution in [0, 0.1) is 12.8 Å². The molecule has 3 heterocycles. The summed E-state index contributed by atoms with van der Waals surface area (Å²) in [7, 11) is 0. The van der Waals surface area contributed by atoms with Gasteiger partial charge in [0, 0.05) is 31.4 Å². The third-order valence-electron chi connectivity index (χ3n) is 5.08. The fourth-order valence-corrected chi connectivity index (χ4v) is 3.65. The third kappa shape index (κ3) is 2.78. The van der Waals surface area contributed by atoms with Gasteiger partial charge in [-0.2, -0.15) is 0 Å². The number of nitrogens with zero attached hydrogens (tertiary/aromatic N) is 4. The lowest BCUT2D eigenvalue weighted by Gasteiger charge is -2.32. The van der Waals surface area contributed by atoms with Crippen molar-refractivity contribution >= 4 is 17.3 Å². The average Bonchev–Trinajstić information content (AvgIpc) is 2.99. The van der Waals surface area contributed by atoms with E-state index in [-0.39, 0.29) is 0 Å². The zero-order valence-electron chi connectivity index (χ0n) is 14.0. The van der Waals surface area contributed by atoms with Crippen LogP contribution in [0.4, 0.5) is 17.3 Å². The maximum atomic E-state index is 4.71. The lowest BCUT2D eigenvalue weighted by Crippen LogP contribution is -2.33. The van der Waals surface area contributed by atoms with Gasteiger partial charge in [-0.25, -0.2) is 9.97 Å². The van der Waals surface area contributed by atoms with Crippen LogP contribution in [0.2, 0.25) is 0 Å². The molecule has 4 heteroatoms. The molecule has 0 atom stereocenters. The molecule has 0 spiro atoms. The highest BCUT2D eigenvalue weighted by atomic mass is 15.2. The van der Waals surface area contributed by atoms with Crippen LogP contribution < -0.4 is 9.80 Å². The molecule has 0 N–H and O–H groups in total. The molecule has 1 saturated heterocycles. The van der Waals surface area contributed by atoms with E-state index in [2.05, 4.69) is 47.1 Å². The van der Waals surface area contributed by atoms with E-state index in [4.69, 9.17) is 9.97 Å². The Morgan fingerprint density at radius 3 is 2.57 bits per heavy atom. The van der Waals surface area contributed by atoms with Crippen molar-refractivity contribution < 1.29 is 0 Å². The van der Waals surface area contributed by atoms with E-state index in [1.54, 1.807) is 0 Å². The topological polar surface area (TPSA) is 32.3 Å². The van der Waals surface area contributed by atoms with Gasteiger partial charge in [0.1, 0.15) is 17.5 Å². The van der Waals surface area contributed by atoms with Crippen LogP contribution in [0.25, 0.3) is 0 Å². The molecule has 2 aliphatic rings. The number of para-hydroxylation sites is 1. The predicted molar refractivity (Wildman–Crippen MR) is 94.5 cm³/mol. The van der Waals surface area contributed by atoms with Crippen LogP contribution in [0.15, 0.2) is 30.3 Å². The van der Waals surface area contributed by atoms with Crippen molar-refractivity contribution in [2.75, 3.05) is 29.4 Å². The quantitative estimate of drug-likeness (QED) is 0.846. The average molecular weight is 308 g/mol. The first-order valence-corrected chi connectivity index (χ1v) is 8.67. The second kappa shape index (κ2) is 5.84. The molecule has 0 bridgehead atoms. The van der Waals surface area contributed by atoms with Crippen LogP contribution in [0.5, 0.6) is 0 Å². The summed E-state index contributed by atoms with van der Waals surface area (Å²) in [5, 5.41) is 0. The van der Waals surface area contributed by atoms with Gasteiger partial charge in [-0.15, -0.1) is 0 Å². The molecule has 0 amide bonds. The molecule has 2 aliphatic heterocycles. The molecule has 0 radical (unpaired) electrons. The van der Waals surface area contributed by atoms with Gasteiger partial charge in [0.05, 0.1) is 0 Å². The zero-order chi connectivity index (χ0) is 15.8. The van der Waals surface area contributed by atoms with Gasteiger partial charge >= 0.3 is 0 Å². The molecule has 2 aromatic rings. The number of piperidine rings is 1. The van der Waals surface area contributed by atoms with Gasteiger partial charge in [0.15, 0.2) is 0 Å². The Balaban J connectivity index is 1.65. The molecule has 0 aliphatic carbocycles. The van der Waals surface area contributed by atoms with Crippen molar-refractivity contribution in [3.63, 3.8) is 0 Å². The summed E-state index contributed by atoms with van der Waals surface area (Å²) in [4.78, 5) is 14.2. The molecule has 1 fully saturated rings. The van der Waals surface area contributed by atoms with Crippen LogP contribution >= 0.6 is 0 Å². The minimum atomic E-state index is 0.833. The van der Waals surface area contributed by atoms with Gasteiger partial charge in [-0.05, 0) is 43.7 Å². The Morgan fingerprint density at radius 1 is 1.00 bits per heavy atom. The monoisotopic (exact) mass is 308 g/mol. The van der Waals surface area contributed by atoms with E-state index >= 15 is 0 Å². The predicted octanol–water partition coefficient (Wildman–Crippen LogP) is 3.72. The number of anilines is 3.